The predicted molar refractivity (Wildman–Crippen MR) is 95.6 cm³/mol. The normalized spacial score (nSPS) is 21.0. The number of benzene rings is 2. The highest BCUT2D eigenvalue weighted by molar-refractivity contribution is 7.89. The Bertz CT molecular complexity index is 841. The van der Waals surface area contributed by atoms with Gasteiger partial charge in [-0.1, -0.05) is 42.5 Å². The number of hydrogen-bond acceptors (Lipinski definition) is 3. The number of hydrogen-bond donors (Lipinski definition) is 2. The zero-order valence-electron chi connectivity index (χ0n) is 13.8. The maximum absolute atomic E-state index is 12.7. The van der Waals surface area contributed by atoms with Crippen LogP contribution >= 0.6 is 0 Å². The first-order valence-electron chi connectivity index (χ1n) is 8.36. The van der Waals surface area contributed by atoms with Crippen molar-refractivity contribution in [3.05, 3.63) is 54.6 Å². The highest BCUT2D eigenvalue weighted by Gasteiger charge is 2.28. The molecule has 1 aliphatic rings. The van der Waals surface area contributed by atoms with Crippen LogP contribution in [0.25, 0.3) is 11.1 Å². The fourth-order valence-electron chi connectivity index (χ4n) is 3.22. The van der Waals surface area contributed by atoms with E-state index in [-0.39, 0.29) is 16.9 Å². The van der Waals surface area contributed by atoms with E-state index in [1.54, 1.807) is 18.2 Å². The van der Waals surface area contributed by atoms with E-state index in [1.165, 1.54) is 0 Å². The summed E-state index contributed by atoms with van der Waals surface area (Å²) in [6.45, 7) is 0. The van der Waals surface area contributed by atoms with Crippen molar-refractivity contribution in [3.8, 4) is 11.1 Å². The molecule has 0 radical (unpaired) electrons. The van der Waals surface area contributed by atoms with Gasteiger partial charge in [0, 0.05) is 6.04 Å². The lowest BCUT2D eigenvalue weighted by molar-refractivity contribution is -0.142. The smallest absolute Gasteiger partial charge is 0.306 e. The molecule has 25 heavy (non-hydrogen) atoms. The van der Waals surface area contributed by atoms with Gasteiger partial charge in [0.15, 0.2) is 0 Å². The molecule has 0 heterocycles. The van der Waals surface area contributed by atoms with Gasteiger partial charge in [-0.3, -0.25) is 4.79 Å². The minimum Gasteiger partial charge on any atom is -0.481 e. The third-order valence-electron chi connectivity index (χ3n) is 4.65. The van der Waals surface area contributed by atoms with E-state index in [4.69, 9.17) is 5.11 Å². The Morgan fingerprint density at radius 2 is 1.56 bits per heavy atom. The van der Waals surface area contributed by atoms with Gasteiger partial charge in [0.2, 0.25) is 10.0 Å². The first-order chi connectivity index (χ1) is 12.0. The molecular weight excluding hydrogens is 338 g/mol. The average Bonchev–Trinajstić information content (AvgIpc) is 2.63. The number of nitrogens with one attached hydrogen (secondary N) is 1. The Labute approximate surface area is 147 Å². The molecule has 3 rings (SSSR count). The highest BCUT2D eigenvalue weighted by atomic mass is 32.2. The Hall–Kier alpha value is -2.18. The van der Waals surface area contributed by atoms with E-state index in [0.29, 0.717) is 25.7 Å². The average molecular weight is 359 g/mol. The number of carboxylic acid groups (broad SMARTS) is 1. The molecule has 0 atom stereocenters. The first-order valence-corrected chi connectivity index (χ1v) is 9.84. The first kappa shape index (κ1) is 17.6. The molecule has 0 spiro atoms. The van der Waals surface area contributed by atoms with E-state index < -0.39 is 16.0 Å². The van der Waals surface area contributed by atoms with Crippen LogP contribution in [0, 0.1) is 5.92 Å². The Morgan fingerprint density at radius 1 is 0.920 bits per heavy atom. The Balaban J connectivity index is 1.74. The summed E-state index contributed by atoms with van der Waals surface area (Å²) >= 11 is 0. The van der Waals surface area contributed by atoms with Crippen LogP contribution in [0.4, 0.5) is 0 Å². The van der Waals surface area contributed by atoms with Gasteiger partial charge in [0.05, 0.1) is 10.8 Å². The van der Waals surface area contributed by atoms with Crippen molar-refractivity contribution >= 4 is 16.0 Å². The molecule has 2 aromatic carbocycles. The molecule has 1 aliphatic carbocycles. The molecule has 0 amide bonds. The van der Waals surface area contributed by atoms with Crippen LogP contribution in [-0.2, 0) is 14.8 Å². The second-order valence-electron chi connectivity index (χ2n) is 6.40. The summed E-state index contributed by atoms with van der Waals surface area (Å²) in [6.07, 6.45) is 2.11. The summed E-state index contributed by atoms with van der Waals surface area (Å²) in [5, 5.41) is 9.04. The monoisotopic (exact) mass is 359 g/mol. The van der Waals surface area contributed by atoms with Crippen molar-refractivity contribution < 1.29 is 18.3 Å². The number of rotatable bonds is 5. The SMILES string of the molecule is O=C(O)C1CCC(NS(=O)(=O)c2cccc(-c3ccccc3)c2)CC1. The van der Waals surface area contributed by atoms with Gasteiger partial charge >= 0.3 is 5.97 Å². The summed E-state index contributed by atoms with van der Waals surface area (Å²) < 4.78 is 28.1. The number of carbonyl (C=O) groups is 1. The molecule has 6 heteroatoms. The van der Waals surface area contributed by atoms with Crippen molar-refractivity contribution in [2.45, 2.75) is 36.6 Å². The van der Waals surface area contributed by atoms with Crippen molar-refractivity contribution in [2.75, 3.05) is 0 Å². The molecule has 0 aliphatic heterocycles. The minimum absolute atomic E-state index is 0.207. The molecule has 1 fully saturated rings. The summed E-state index contributed by atoms with van der Waals surface area (Å²) in [4.78, 5) is 11.2. The maximum Gasteiger partial charge on any atom is 0.306 e. The van der Waals surface area contributed by atoms with Crippen molar-refractivity contribution in [1.29, 1.82) is 0 Å². The van der Waals surface area contributed by atoms with Gasteiger partial charge in [0.1, 0.15) is 0 Å². The minimum atomic E-state index is -3.63. The lowest BCUT2D eigenvalue weighted by Gasteiger charge is -2.26. The molecule has 2 N–H and O–H groups in total. The van der Waals surface area contributed by atoms with E-state index in [9.17, 15) is 13.2 Å². The molecular formula is C19H21NO4S. The van der Waals surface area contributed by atoms with Gasteiger partial charge in [-0.25, -0.2) is 13.1 Å². The van der Waals surface area contributed by atoms with Crippen LogP contribution < -0.4 is 4.72 Å². The third kappa shape index (κ3) is 4.27. The van der Waals surface area contributed by atoms with Gasteiger partial charge in [-0.05, 0) is 48.9 Å². The van der Waals surface area contributed by atoms with Crippen LogP contribution in [0.5, 0.6) is 0 Å². The molecule has 132 valence electrons. The van der Waals surface area contributed by atoms with E-state index in [0.717, 1.165) is 11.1 Å². The van der Waals surface area contributed by atoms with Gasteiger partial charge in [-0.2, -0.15) is 0 Å². The van der Waals surface area contributed by atoms with E-state index in [2.05, 4.69) is 4.72 Å². The maximum atomic E-state index is 12.7. The highest BCUT2D eigenvalue weighted by Crippen LogP contribution is 2.27. The number of carboxylic acids is 1. The quantitative estimate of drug-likeness (QED) is 0.858. The zero-order valence-corrected chi connectivity index (χ0v) is 14.6. The topological polar surface area (TPSA) is 83.5 Å². The summed E-state index contributed by atoms with van der Waals surface area (Å²) in [6, 6.07) is 16.3. The standard InChI is InChI=1S/C19H21NO4S/c21-19(22)15-9-11-17(12-10-15)20-25(23,24)18-8-4-7-16(13-18)14-5-2-1-3-6-14/h1-8,13,15,17,20H,9-12H2,(H,21,22). The second-order valence-corrected chi connectivity index (χ2v) is 8.12. The fourth-order valence-corrected chi connectivity index (χ4v) is 4.57. The summed E-state index contributed by atoms with van der Waals surface area (Å²) in [5.74, 6) is -1.15. The zero-order chi connectivity index (χ0) is 17.9. The number of aliphatic carboxylic acids is 1. The van der Waals surface area contributed by atoms with Crippen LogP contribution in [0.15, 0.2) is 59.5 Å². The predicted octanol–water partition coefficient (Wildman–Crippen LogP) is 3.28. The molecule has 0 aromatic heterocycles. The Kier molecular flexibility index (Phi) is 5.20. The largest absolute Gasteiger partial charge is 0.481 e. The molecule has 0 saturated heterocycles. The third-order valence-corrected chi connectivity index (χ3v) is 6.17. The number of sulfonamides is 1. The fraction of sp³-hybridized carbons (Fsp3) is 0.316. The van der Waals surface area contributed by atoms with E-state index in [1.807, 2.05) is 36.4 Å². The van der Waals surface area contributed by atoms with Crippen LogP contribution in [0.3, 0.4) is 0 Å². The van der Waals surface area contributed by atoms with Crippen molar-refractivity contribution in [3.63, 3.8) is 0 Å². The molecule has 5 nitrogen and oxygen atoms in total. The van der Waals surface area contributed by atoms with Gasteiger partial charge in [-0.15, -0.1) is 0 Å². The van der Waals surface area contributed by atoms with Crippen LogP contribution in [-0.4, -0.2) is 25.5 Å². The van der Waals surface area contributed by atoms with Crippen LogP contribution in [0.2, 0.25) is 0 Å². The lowest BCUT2D eigenvalue weighted by Crippen LogP contribution is -2.38. The Morgan fingerprint density at radius 3 is 2.20 bits per heavy atom. The molecule has 1 saturated carbocycles. The molecule has 0 unspecified atom stereocenters. The second kappa shape index (κ2) is 7.37. The molecule has 0 bridgehead atoms. The van der Waals surface area contributed by atoms with Crippen molar-refractivity contribution in [1.82, 2.24) is 4.72 Å². The van der Waals surface area contributed by atoms with Crippen molar-refractivity contribution in [2.24, 2.45) is 5.92 Å². The molecule has 2 aromatic rings. The summed E-state index contributed by atoms with van der Waals surface area (Å²) in [7, 11) is -3.63. The van der Waals surface area contributed by atoms with E-state index >= 15 is 0 Å². The lowest BCUT2D eigenvalue weighted by atomic mass is 9.87. The van der Waals surface area contributed by atoms with Crippen LogP contribution in [0.1, 0.15) is 25.7 Å². The summed E-state index contributed by atoms with van der Waals surface area (Å²) in [5.41, 5.74) is 1.81. The van der Waals surface area contributed by atoms with Gasteiger partial charge in [0.25, 0.3) is 0 Å². The van der Waals surface area contributed by atoms with Gasteiger partial charge < -0.3 is 5.11 Å².